The van der Waals surface area contributed by atoms with Crippen LogP contribution in [0.25, 0.3) is 0 Å². The molecule has 98 heavy (non-hydrogen) atoms. The SMILES string of the molecule is CCCCCCCCCCCCCCCCCCCCC(=O)OC[C@H](COP(=O)(O)OC[C@@H](O)COP(=O)(O)OC[C@@H](COC(=O)CCCCCCCCCCCC)OC(=O)CCCCCCCCCCCC(C)C)OC(=O)CCCCCCCCCCCCCCCCCC(C)C. The second-order valence-electron chi connectivity index (χ2n) is 29.4. The third-order valence-corrected chi connectivity index (χ3v) is 20.4. The number of hydrogen-bond acceptors (Lipinski definition) is 15. The van der Waals surface area contributed by atoms with Gasteiger partial charge in [0.2, 0.25) is 0 Å². The molecule has 582 valence electrons. The Labute approximate surface area is 600 Å². The van der Waals surface area contributed by atoms with E-state index in [-0.39, 0.29) is 25.7 Å². The van der Waals surface area contributed by atoms with Gasteiger partial charge in [-0.2, -0.15) is 0 Å². The summed E-state index contributed by atoms with van der Waals surface area (Å²) in [5.41, 5.74) is 0. The second kappa shape index (κ2) is 70.7. The summed E-state index contributed by atoms with van der Waals surface area (Å²) in [5.74, 6) is -0.573. The molecule has 0 amide bonds. The lowest BCUT2D eigenvalue weighted by atomic mass is 10.0. The van der Waals surface area contributed by atoms with Crippen LogP contribution in [-0.2, 0) is 65.4 Å². The van der Waals surface area contributed by atoms with Gasteiger partial charge >= 0.3 is 39.5 Å². The molecule has 0 aliphatic heterocycles. The zero-order valence-corrected chi connectivity index (χ0v) is 65.9. The van der Waals surface area contributed by atoms with Crippen molar-refractivity contribution >= 4 is 39.5 Å². The Kier molecular flexibility index (Phi) is 69.3. The monoisotopic (exact) mass is 1440 g/mol. The molecule has 2 unspecified atom stereocenters. The number of phosphoric acid groups is 2. The normalized spacial score (nSPS) is 13.9. The number of carbonyl (C=O) groups excluding carboxylic acids is 4. The molecule has 0 spiro atoms. The molecule has 0 aromatic rings. The molecular formula is C79H154O17P2. The number of phosphoric ester groups is 2. The van der Waals surface area contributed by atoms with Crippen molar-refractivity contribution in [3.05, 3.63) is 0 Å². The molecule has 0 fully saturated rings. The van der Waals surface area contributed by atoms with E-state index in [2.05, 4.69) is 41.5 Å². The summed E-state index contributed by atoms with van der Waals surface area (Å²) in [4.78, 5) is 72.9. The molecule has 19 heteroatoms. The molecule has 0 aromatic heterocycles. The summed E-state index contributed by atoms with van der Waals surface area (Å²) in [6.07, 6.45) is 59.7. The van der Waals surface area contributed by atoms with Crippen LogP contribution in [0.1, 0.15) is 414 Å². The van der Waals surface area contributed by atoms with Gasteiger partial charge in [-0.25, -0.2) is 9.13 Å². The fourth-order valence-corrected chi connectivity index (χ4v) is 13.8. The van der Waals surface area contributed by atoms with Gasteiger partial charge < -0.3 is 33.8 Å². The lowest BCUT2D eigenvalue weighted by Gasteiger charge is -2.21. The first-order valence-corrected chi connectivity index (χ1v) is 44.0. The van der Waals surface area contributed by atoms with Crippen LogP contribution in [0.15, 0.2) is 0 Å². The maximum atomic E-state index is 13.1. The highest BCUT2D eigenvalue weighted by Crippen LogP contribution is 2.45. The summed E-state index contributed by atoms with van der Waals surface area (Å²) >= 11 is 0. The van der Waals surface area contributed by atoms with E-state index in [0.29, 0.717) is 25.7 Å². The zero-order chi connectivity index (χ0) is 72.1. The van der Waals surface area contributed by atoms with E-state index in [9.17, 15) is 43.2 Å². The average Bonchev–Trinajstić information content (AvgIpc) is 1.08. The van der Waals surface area contributed by atoms with Crippen molar-refractivity contribution in [2.75, 3.05) is 39.6 Å². The largest absolute Gasteiger partial charge is 0.472 e. The molecule has 0 aromatic carbocycles. The quantitative estimate of drug-likeness (QED) is 0.0222. The molecule has 0 saturated heterocycles. The third kappa shape index (κ3) is 72.4. The Morgan fingerprint density at radius 2 is 0.469 bits per heavy atom. The van der Waals surface area contributed by atoms with Gasteiger partial charge in [-0.1, -0.05) is 363 Å². The van der Waals surface area contributed by atoms with E-state index in [0.717, 1.165) is 102 Å². The number of aliphatic hydroxyl groups is 1. The Balaban J connectivity index is 5.23. The van der Waals surface area contributed by atoms with E-state index >= 15 is 0 Å². The first kappa shape index (κ1) is 96.1. The molecule has 0 radical (unpaired) electrons. The van der Waals surface area contributed by atoms with Crippen LogP contribution < -0.4 is 0 Å². The fourth-order valence-electron chi connectivity index (χ4n) is 12.2. The summed E-state index contributed by atoms with van der Waals surface area (Å²) in [6.45, 7) is 9.61. The van der Waals surface area contributed by atoms with Gasteiger partial charge in [0.1, 0.15) is 19.3 Å². The van der Waals surface area contributed by atoms with Crippen molar-refractivity contribution in [1.29, 1.82) is 0 Å². The number of unbranched alkanes of at least 4 members (excludes halogenated alkanes) is 48. The highest BCUT2D eigenvalue weighted by Gasteiger charge is 2.30. The minimum atomic E-state index is -4.96. The highest BCUT2D eigenvalue weighted by atomic mass is 31.2. The van der Waals surface area contributed by atoms with Gasteiger partial charge in [0.05, 0.1) is 26.4 Å². The molecule has 0 heterocycles. The molecule has 0 rings (SSSR count). The number of esters is 4. The molecule has 17 nitrogen and oxygen atoms in total. The van der Waals surface area contributed by atoms with E-state index < -0.39 is 97.5 Å². The van der Waals surface area contributed by atoms with Gasteiger partial charge in [-0.15, -0.1) is 0 Å². The fraction of sp³-hybridized carbons (Fsp3) is 0.949. The first-order valence-electron chi connectivity index (χ1n) is 41.0. The molecule has 0 bridgehead atoms. The lowest BCUT2D eigenvalue weighted by Crippen LogP contribution is -2.30. The zero-order valence-electron chi connectivity index (χ0n) is 64.1. The van der Waals surface area contributed by atoms with Crippen molar-refractivity contribution in [3.63, 3.8) is 0 Å². The van der Waals surface area contributed by atoms with Crippen molar-refractivity contribution in [2.24, 2.45) is 11.8 Å². The number of aliphatic hydroxyl groups excluding tert-OH is 1. The minimum Gasteiger partial charge on any atom is -0.462 e. The summed E-state index contributed by atoms with van der Waals surface area (Å²) < 4.78 is 68.6. The van der Waals surface area contributed by atoms with E-state index in [1.807, 2.05) is 0 Å². The van der Waals surface area contributed by atoms with E-state index in [1.54, 1.807) is 0 Å². The van der Waals surface area contributed by atoms with Gasteiger partial charge in [0.15, 0.2) is 12.2 Å². The predicted molar refractivity (Wildman–Crippen MR) is 400 cm³/mol. The van der Waals surface area contributed by atoms with Crippen molar-refractivity contribution < 1.29 is 80.2 Å². The second-order valence-corrected chi connectivity index (χ2v) is 32.3. The predicted octanol–water partition coefficient (Wildman–Crippen LogP) is 23.5. The minimum absolute atomic E-state index is 0.106. The van der Waals surface area contributed by atoms with Crippen molar-refractivity contribution in [1.82, 2.24) is 0 Å². The Bertz CT molecular complexity index is 1890. The van der Waals surface area contributed by atoms with Crippen LogP contribution in [0.3, 0.4) is 0 Å². The number of carbonyl (C=O) groups is 4. The summed E-state index contributed by atoms with van der Waals surface area (Å²) in [5, 5.41) is 10.6. The average molecular weight is 1440 g/mol. The van der Waals surface area contributed by atoms with Gasteiger partial charge in [-0.05, 0) is 37.5 Å². The van der Waals surface area contributed by atoms with Crippen LogP contribution in [0.4, 0.5) is 0 Å². The van der Waals surface area contributed by atoms with Crippen LogP contribution in [-0.4, -0.2) is 96.7 Å². The smallest absolute Gasteiger partial charge is 0.462 e. The van der Waals surface area contributed by atoms with Gasteiger partial charge in [0, 0.05) is 25.7 Å². The standard InChI is InChI=1S/C79H154O17P2/c1-7-9-11-13-15-17-19-20-21-22-23-26-29-32-38-44-50-56-62-77(82)90-68-74(95-78(83)63-57-51-45-39-33-30-27-24-25-28-31-35-41-47-53-59-71(3)4)69-93-97(85,86)91-65-73(80)66-92-98(87,88)94-70-75(67-89-76(81)61-55-49-43-37-18-16-14-12-10-8-2)96-79(84)64-58-52-46-40-34-36-42-48-54-60-72(5)6/h71-75,80H,7-70H2,1-6H3,(H,85,86)(H,87,88)/t73-,74-,75-/m1/s1. The maximum absolute atomic E-state index is 13.1. The van der Waals surface area contributed by atoms with Crippen LogP contribution in [0.5, 0.6) is 0 Å². The Morgan fingerprint density at radius 1 is 0.276 bits per heavy atom. The summed E-state index contributed by atoms with van der Waals surface area (Å²) in [7, 11) is -9.91. The van der Waals surface area contributed by atoms with Crippen molar-refractivity contribution in [3.8, 4) is 0 Å². The molecular weight excluding hydrogens is 1280 g/mol. The number of ether oxygens (including phenoxy) is 4. The Morgan fingerprint density at radius 3 is 0.694 bits per heavy atom. The van der Waals surface area contributed by atoms with Gasteiger partial charge in [-0.3, -0.25) is 37.3 Å². The molecule has 3 N–H and O–H groups in total. The Hall–Kier alpha value is -1.94. The first-order chi connectivity index (χ1) is 47.4. The number of hydrogen-bond donors (Lipinski definition) is 3. The topological polar surface area (TPSA) is 237 Å². The molecule has 0 saturated carbocycles. The summed E-state index contributed by atoms with van der Waals surface area (Å²) in [6, 6.07) is 0. The van der Waals surface area contributed by atoms with Crippen molar-refractivity contribution in [2.45, 2.75) is 432 Å². The van der Waals surface area contributed by atoms with E-state index in [4.69, 9.17) is 37.0 Å². The molecule has 0 aliphatic carbocycles. The van der Waals surface area contributed by atoms with Crippen LogP contribution in [0.2, 0.25) is 0 Å². The van der Waals surface area contributed by atoms with Crippen LogP contribution in [0, 0.1) is 11.8 Å². The third-order valence-electron chi connectivity index (χ3n) is 18.5. The molecule has 0 aliphatic rings. The highest BCUT2D eigenvalue weighted by molar-refractivity contribution is 7.47. The van der Waals surface area contributed by atoms with Gasteiger partial charge in [0.25, 0.3) is 0 Å². The number of rotatable bonds is 78. The van der Waals surface area contributed by atoms with Crippen LogP contribution >= 0.6 is 15.6 Å². The lowest BCUT2D eigenvalue weighted by molar-refractivity contribution is -0.161. The molecule has 5 atom stereocenters. The van der Waals surface area contributed by atoms with E-state index in [1.165, 1.54) is 231 Å². The maximum Gasteiger partial charge on any atom is 0.472 e.